The van der Waals surface area contributed by atoms with E-state index >= 15 is 0 Å². The van der Waals surface area contributed by atoms with Gasteiger partial charge < -0.3 is 9.26 Å². The molecule has 2 heterocycles. The highest BCUT2D eigenvalue weighted by Crippen LogP contribution is 2.19. The minimum absolute atomic E-state index is 0.174. The normalized spacial score (nSPS) is 18.3. The lowest BCUT2D eigenvalue weighted by Crippen LogP contribution is -2.28. The SMILES string of the molecule is O=S(=O)(Cc1cc(-c2ccccc2)no1)NCCC1CCCO1. The first kappa shape index (κ1) is 16.2. The van der Waals surface area contributed by atoms with E-state index in [9.17, 15) is 8.42 Å². The number of nitrogens with zero attached hydrogens (tertiary/aromatic N) is 1. The Hall–Kier alpha value is -1.70. The van der Waals surface area contributed by atoms with Crippen LogP contribution in [0.3, 0.4) is 0 Å². The molecule has 0 spiro atoms. The van der Waals surface area contributed by atoms with Crippen LogP contribution >= 0.6 is 0 Å². The Kier molecular flexibility index (Phi) is 5.09. The number of hydrogen-bond acceptors (Lipinski definition) is 5. The van der Waals surface area contributed by atoms with Crippen LogP contribution in [0.5, 0.6) is 0 Å². The first-order chi connectivity index (χ1) is 11.1. The van der Waals surface area contributed by atoms with Gasteiger partial charge in [-0.2, -0.15) is 0 Å². The fourth-order valence-corrected chi connectivity index (χ4v) is 3.65. The maximum Gasteiger partial charge on any atom is 0.219 e. The van der Waals surface area contributed by atoms with Crippen LogP contribution in [0.15, 0.2) is 40.9 Å². The molecule has 1 saturated heterocycles. The number of benzene rings is 1. The highest BCUT2D eigenvalue weighted by molar-refractivity contribution is 7.88. The van der Waals surface area contributed by atoms with Crippen molar-refractivity contribution in [3.63, 3.8) is 0 Å². The molecule has 0 saturated carbocycles. The second-order valence-corrected chi connectivity index (χ2v) is 7.43. The van der Waals surface area contributed by atoms with Crippen LogP contribution < -0.4 is 4.72 Å². The minimum atomic E-state index is -3.43. The zero-order chi connectivity index (χ0) is 16.1. The molecule has 1 fully saturated rings. The van der Waals surface area contributed by atoms with Gasteiger partial charge in [-0.05, 0) is 19.3 Å². The van der Waals surface area contributed by atoms with Gasteiger partial charge in [0.25, 0.3) is 0 Å². The molecule has 0 bridgehead atoms. The summed E-state index contributed by atoms with van der Waals surface area (Å²) in [5, 5.41) is 3.93. The van der Waals surface area contributed by atoms with Gasteiger partial charge in [0.2, 0.25) is 10.0 Å². The van der Waals surface area contributed by atoms with Gasteiger partial charge >= 0.3 is 0 Å². The van der Waals surface area contributed by atoms with Crippen molar-refractivity contribution in [2.24, 2.45) is 0 Å². The number of aromatic nitrogens is 1. The molecule has 3 rings (SSSR count). The molecule has 0 radical (unpaired) electrons. The van der Waals surface area contributed by atoms with E-state index in [1.807, 2.05) is 30.3 Å². The van der Waals surface area contributed by atoms with E-state index in [4.69, 9.17) is 9.26 Å². The lowest BCUT2D eigenvalue weighted by atomic mass is 10.1. The van der Waals surface area contributed by atoms with Crippen molar-refractivity contribution in [2.45, 2.75) is 31.1 Å². The Morgan fingerprint density at radius 3 is 2.83 bits per heavy atom. The molecule has 1 unspecified atom stereocenters. The Balaban J connectivity index is 1.54. The lowest BCUT2D eigenvalue weighted by molar-refractivity contribution is 0.105. The topological polar surface area (TPSA) is 81.4 Å². The summed E-state index contributed by atoms with van der Waals surface area (Å²) in [6.07, 6.45) is 2.93. The van der Waals surface area contributed by atoms with Crippen molar-refractivity contribution in [1.82, 2.24) is 9.88 Å². The zero-order valence-corrected chi connectivity index (χ0v) is 13.6. The average Bonchev–Trinajstić information content (AvgIpc) is 3.19. The highest BCUT2D eigenvalue weighted by Gasteiger charge is 2.19. The van der Waals surface area contributed by atoms with Crippen molar-refractivity contribution in [1.29, 1.82) is 0 Å². The van der Waals surface area contributed by atoms with Crippen LogP contribution in [0.25, 0.3) is 11.3 Å². The number of sulfonamides is 1. The monoisotopic (exact) mass is 336 g/mol. The van der Waals surface area contributed by atoms with Crippen molar-refractivity contribution in [3.05, 3.63) is 42.2 Å². The molecule has 0 amide bonds. The summed E-state index contributed by atoms with van der Waals surface area (Å²) in [6, 6.07) is 11.2. The molecule has 7 heteroatoms. The third-order valence-electron chi connectivity index (χ3n) is 3.77. The molecule has 23 heavy (non-hydrogen) atoms. The Morgan fingerprint density at radius 2 is 2.09 bits per heavy atom. The maximum absolute atomic E-state index is 12.1. The summed E-state index contributed by atoms with van der Waals surface area (Å²) < 4.78 is 37.4. The number of nitrogens with one attached hydrogen (secondary N) is 1. The molecule has 124 valence electrons. The molecule has 0 aliphatic carbocycles. The summed E-state index contributed by atoms with van der Waals surface area (Å²) >= 11 is 0. The third-order valence-corrected chi connectivity index (χ3v) is 5.08. The lowest BCUT2D eigenvalue weighted by Gasteiger charge is -2.09. The molecular weight excluding hydrogens is 316 g/mol. The summed E-state index contributed by atoms with van der Waals surface area (Å²) in [5.41, 5.74) is 1.53. The standard InChI is InChI=1S/C16H20N2O4S/c19-23(20,17-9-8-14-7-4-10-21-14)12-15-11-16(18-22-15)13-5-2-1-3-6-13/h1-3,5-6,11,14,17H,4,7-10,12H2. The van der Waals surface area contributed by atoms with Crippen LogP contribution in [-0.4, -0.2) is 32.8 Å². The third kappa shape index (κ3) is 4.63. The van der Waals surface area contributed by atoms with E-state index in [1.165, 1.54) is 0 Å². The smallest absolute Gasteiger partial charge is 0.219 e. The largest absolute Gasteiger partial charge is 0.378 e. The molecule has 1 aliphatic rings. The van der Waals surface area contributed by atoms with Crippen LogP contribution in [-0.2, 0) is 20.5 Å². The first-order valence-electron chi connectivity index (χ1n) is 7.72. The molecule has 2 aromatic rings. The van der Waals surface area contributed by atoms with Gasteiger partial charge in [-0.15, -0.1) is 0 Å². The minimum Gasteiger partial charge on any atom is -0.378 e. The highest BCUT2D eigenvalue weighted by atomic mass is 32.2. The molecule has 1 aliphatic heterocycles. The zero-order valence-electron chi connectivity index (χ0n) is 12.8. The van der Waals surface area contributed by atoms with Crippen LogP contribution in [0.2, 0.25) is 0 Å². The van der Waals surface area contributed by atoms with E-state index in [0.717, 1.165) is 25.0 Å². The fraction of sp³-hybridized carbons (Fsp3) is 0.438. The van der Waals surface area contributed by atoms with Crippen molar-refractivity contribution in [2.75, 3.05) is 13.2 Å². The Morgan fingerprint density at radius 1 is 1.26 bits per heavy atom. The molecule has 1 aromatic carbocycles. The predicted molar refractivity (Wildman–Crippen MR) is 86.2 cm³/mol. The van der Waals surface area contributed by atoms with Gasteiger partial charge in [0.15, 0.2) is 5.76 Å². The van der Waals surface area contributed by atoms with E-state index in [0.29, 0.717) is 24.4 Å². The van der Waals surface area contributed by atoms with Crippen molar-refractivity contribution < 1.29 is 17.7 Å². The fourth-order valence-electron chi connectivity index (χ4n) is 2.61. The molecule has 1 aromatic heterocycles. The van der Waals surface area contributed by atoms with Crippen LogP contribution in [0.4, 0.5) is 0 Å². The van der Waals surface area contributed by atoms with Crippen LogP contribution in [0, 0.1) is 0 Å². The summed E-state index contributed by atoms with van der Waals surface area (Å²) in [4.78, 5) is 0. The van der Waals surface area contributed by atoms with Gasteiger partial charge in [0, 0.05) is 24.8 Å². The van der Waals surface area contributed by atoms with Gasteiger partial charge in [0.05, 0.1) is 6.10 Å². The maximum atomic E-state index is 12.1. The Labute approximate surface area is 135 Å². The van der Waals surface area contributed by atoms with Crippen molar-refractivity contribution >= 4 is 10.0 Å². The number of ether oxygens (including phenoxy) is 1. The average molecular weight is 336 g/mol. The predicted octanol–water partition coefficient (Wildman–Crippen LogP) is 2.33. The number of rotatable bonds is 7. The van der Waals surface area contributed by atoms with Gasteiger partial charge in [0.1, 0.15) is 11.4 Å². The molecule has 1 N–H and O–H groups in total. The first-order valence-corrected chi connectivity index (χ1v) is 9.37. The van der Waals surface area contributed by atoms with Gasteiger partial charge in [-0.1, -0.05) is 35.5 Å². The van der Waals surface area contributed by atoms with Gasteiger partial charge in [-0.3, -0.25) is 0 Å². The van der Waals surface area contributed by atoms with Crippen LogP contribution in [0.1, 0.15) is 25.0 Å². The van der Waals surface area contributed by atoms with E-state index in [1.54, 1.807) is 6.07 Å². The van der Waals surface area contributed by atoms with E-state index in [-0.39, 0.29) is 11.9 Å². The van der Waals surface area contributed by atoms with E-state index < -0.39 is 10.0 Å². The Bertz CT molecular complexity index is 722. The summed E-state index contributed by atoms with van der Waals surface area (Å²) in [7, 11) is -3.43. The summed E-state index contributed by atoms with van der Waals surface area (Å²) in [6.45, 7) is 1.16. The second-order valence-electron chi connectivity index (χ2n) is 5.62. The number of hydrogen-bond donors (Lipinski definition) is 1. The molecule has 6 nitrogen and oxygen atoms in total. The second kappa shape index (κ2) is 7.25. The van der Waals surface area contributed by atoms with Gasteiger partial charge in [-0.25, -0.2) is 13.1 Å². The quantitative estimate of drug-likeness (QED) is 0.839. The van der Waals surface area contributed by atoms with E-state index in [2.05, 4.69) is 9.88 Å². The molecular formula is C16H20N2O4S. The summed E-state index contributed by atoms with van der Waals surface area (Å²) in [5.74, 6) is 0.117. The van der Waals surface area contributed by atoms with Crippen molar-refractivity contribution in [3.8, 4) is 11.3 Å². The molecule has 1 atom stereocenters.